The van der Waals surface area contributed by atoms with Gasteiger partial charge in [-0.05, 0) is 53.2 Å². The number of hydrazone groups is 1. The number of piperazine rings is 1. The van der Waals surface area contributed by atoms with Gasteiger partial charge >= 0.3 is 0 Å². The molecule has 0 saturated carbocycles. The summed E-state index contributed by atoms with van der Waals surface area (Å²) in [6, 6.07) is 19.0. The molecule has 1 fully saturated rings. The standard InChI is InChI=1S/C24H25FN6S/c25-22-8-3-19(4-9-22)17-30-11-13-31(14-12-30)23-10-7-21(16-27-23)20-5-1-18(2-6-20)15-28-29-24(26)32/h1-10,15-16H,11-14,17H2,(H3,26,29,32)/b28-15+. The SMILES string of the molecule is NC(=S)N/N=C/c1ccc(-c2ccc(N3CCN(Cc4ccc(F)cc4)CC3)nc2)cc1. The molecule has 2 heterocycles. The molecule has 0 aliphatic carbocycles. The Morgan fingerprint density at radius 3 is 2.31 bits per heavy atom. The maximum absolute atomic E-state index is 13.1. The largest absolute Gasteiger partial charge is 0.375 e. The predicted molar refractivity (Wildman–Crippen MR) is 131 cm³/mol. The average Bonchev–Trinajstić information content (AvgIpc) is 2.81. The van der Waals surface area contributed by atoms with E-state index >= 15 is 0 Å². The Morgan fingerprint density at radius 1 is 1.00 bits per heavy atom. The zero-order valence-corrected chi connectivity index (χ0v) is 18.4. The summed E-state index contributed by atoms with van der Waals surface area (Å²) in [5.74, 6) is 0.797. The fourth-order valence-corrected chi connectivity index (χ4v) is 3.71. The van der Waals surface area contributed by atoms with Crippen molar-refractivity contribution < 1.29 is 4.39 Å². The number of benzene rings is 2. The highest BCUT2D eigenvalue weighted by Gasteiger charge is 2.18. The number of pyridine rings is 1. The number of rotatable bonds is 6. The topological polar surface area (TPSA) is 69.8 Å². The Kier molecular flexibility index (Phi) is 7.03. The number of halogens is 1. The zero-order valence-electron chi connectivity index (χ0n) is 17.6. The van der Waals surface area contributed by atoms with E-state index in [1.807, 2.05) is 42.6 Å². The molecule has 0 atom stereocenters. The van der Waals surface area contributed by atoms with Crippen LogP contribution in [0.4, 0.5) is 10.2 Å². The highest BCUT2D eigenvalue weighted by atomic mass is 32.1. The Hall–Kier alpha value is -3.36. The monoisotopic (exact) mass is 448 g/mol. The van der Waals surface area contributed by atoms with Crippen LogP contribution in [0.5, 0.6) is 0 Å². The second-order valence-corrected chi connectivity index (χ2v) is 8.09. The minimum Gasteiger partial charge on any atom is -0.375 e. The van der Waals surface area contributed by atoms with E-state index < -0.39 is 0 Å². The van der Waals surface area contributed by atoms with Gasteiger partial charge < -0.3 is 10.6 Å². The van der Waals surface area contributed by atoms with Crippen molar-refractivity contribution in [2.75, 3.05) is 31.1 Å². The van der Waals surface area contributed by atoms with Crippen LogP contribution in [-0.2, 0) is 6.54 Å². The molecule has 32 heavy (non-hydrogen) atoms. The number of nitrogens with zero attached hydrogens (tertiary/aromatic N) is 4. The van der Waals surface area contributed by atoms with Gasteiger partial charge in [-0.1, -0.05) is 36.4 Å². The van der Waals surface area contributed by atoms with Crippen LogP contribution in [0, 0.1) is 5.82 Å². The van der Waals surface area contributed by atoms with E-state index in [0.717, 1.165) is 60.8 Å². The number of nitrogens with two attached hydrogens (primary N) is 1. The molecule has 1 aliphatic rings. The maximum Gasteiger partial charge on any atom is 0.184 e. The van der Waals surface area contributed by atoms with E-state index in [4.69, 9.17) is 22.9 Å². The summed E-state index contributed by atoms with van der Waals surface area (Å²) < 4.78 is 13.1. The van der Waals surface area contributed by atoms with Crippen LogP contribution in [0.1, 0.15) is 11.1 Å². The molecular weight excluding hydrogens is 423 g/mol. The third-order valence-corrected chi connectivity index (χ3v) is 5.49. The Morgan fingerprint density at radius 2 is 1.69 bits per heavy atom. The first kappa shape index (κ1) is 21.9. The first-order valence-corrected chi connectivity index (χ1v) is 10.8. The molecule has 1 saturated heterocycles. The van der Waals surface area contributed by atoms with Gasteiger partial charge in [0.05, 0.1) is 6.21 Å². The van der Waals surface area contributed by atoms with Gasteiger partial charge in [0.25, 0.3) is 0 Å². The second-order valence-electron chi connectivity index (χ2n) is 7.65. The van der Waals surface area contributed by atoms with Crippen LogP contribution in [0.25, 0.3) is 11.1 Å². The van der Waals surface area contributed by atoms with E-state index in [1.54, 1.807) is 6.21 Å². The fourth-order valence-electron chi connectivity index (χ4n) is 3.66. The summed E-state index contributed by atoms with van der Waals surface area (Å²) in [6.45, 7) is 4.58. The molecule has 6 nitrogen and oxygen atoms in total. The number of hydrogen-bond acceptors (Lipinski definition) is 5. The van der Waals surface area contributed by atoms with Gasteiger partial charge in [-0.3, -0.25) is 10.3 Å². The lowest BCUT2D eigenvalue weighted by molar-refractivity contribution is 0.249. The predicted octanol–water partition coefficient (Wildman–Crippen LogP) is 3.38. The van der Waals surface area contributed by atoms with Gasteiger partial charge in [0.2, 0.25) is 0 Å². The third kappa shape index (κ3) is 5.87. The number of nitrogens with one attached hydrogen (secondary N) is 1. The highest BCUT2D eigenvalue weighted by molar-refractivity contribution is 7.80. The van der Waals surface area contributed by atoms with Gasteiger partial charge in [-0.25, -0.2) is 9.37 Å². The molecule has 0 unspecified atom stereocenters. The molecule has 0 radical (unpaired) electrons. The lowest BCUT2D eigenvalue weighted by Gasteiger charge is -2.35. The molecule has 8 heteroatoms. The quantitative estimate of drug-likeness (QED) is 0.342. The van der Waals surface area contributed by atoms with Crippen molar-refractivity contribution in [3.63, 3.8) is 0 Å². The van der Waals surface area contributed by atoms with Crippen molar-refractivity contribution in [2.24, 2.45) is 10.8 Å². The number of hydrogen-bond donors (Lipinski definition) is 2. The van der Waals surface area contributed by atoms with Crippen molar-refractivity contribution in [1.29, 1.82) is 0 Å². The molecule has 1 aromatic heterocycles. The van der Waals surface area contributed by atoms with Crippen LogP contribution in [0.2, 0.25) is 0 Å². The molecule has 0 bridgehead atoms. The molecular formula is C24H25FN6S. The van der Waals surface area contributed by atoms with E-state index in [9.17, 15) is 4.39 Å². The van der Waals surface area contributed by atoms with Crippen molar-refractivity contribution in [3.05, 3.63) is 83.8 Å². The van der Waals surface area contributed by atoms with E-state index in [0.29, 0.717) is 0 Å². The van der Waals surface area contributed by atoms with Crippen molar-refractivity contribution in [3.8, 4) is 11.1 Å². The molecule has 0 amide bonds. The smallest absolute Gasteiger partial charge is 0.184 e. The summed E-state index contributed by atoms with van der Waals surface area (Å²) in [5.41, 5.74) is 12.1. The Balaban J connectivity index is 1.31. The number of thiocarbonyl (C=S) groups is 1. The normalized spacial score (nSPS) is 14.6. The maximum atomic E-state index is 13.1. The average molecular weight is 449 g/mol. The summed E-state index contributed by atoms with van der Waals surface area (Å²) in [4.78, 5) is 9.38. The van der Waals surface area contributed by atoms with Crippen LogP contribution in [0.3, 0.4) is 0 Å². The van der Waals surface area contributed by atoms with Crippen LogP contribution >= 0.6 is 12.2 Å². The lowest BCUT2D eigenvalue weighted by atomic mass is 10.1. The summed E-state index contributed by atoms with van der Waals surface area (Å²) >= 11 is 4.72. The second kappa shape index (κ2) is 10.3. The fraction of sp³-hybridized carbons (Fsp3) is 0.208. The summed E-state index contributed by atoms with van der Waals surface area (Å²) in [6.07, 6.45) is 3.58. The first-order valence-electron chi connectivity index (χ1n) is 10.4. The Labute approximate surface area is 192 Å². The van der Waals surface area contributed by atoms with Gasteiger partial charge in [0.15, 0.2) is 5.11 Å². The van der Waals surface area contributed by atoms with Gasteiger partial charge in [-0.15, -0.1) is 0 Å². The summed E-state index contributed by atoms with van der Waals surface area (Å²) in [7, 11) is 0. The minimum absolute atomic E-state index is 0.137. The number of anilines is 1. The first-order chi connectivity index (χ1) is 15.6. The van der Waals surface area contributed by atoms with Crippen molar-refractivity contribution in [2.45, 2.75) is 6.54 Å². The minimum atomic E-state index is -0.192. The van der Waals surface area contributed by atoms with Crippen LogP contribution < -0.4 is 16.1 Å². The number of aromatic nitrogens is 1. The molecule has 4 rings (SSSR count). The van der Waals surface area contributed by atoms with Gasteiger partial charge in [0.1, 0.15) is 11.6 Å². The van der Waals surface area contributed by atoms with E-state index in [1.165, 1.54) is 12.1 Å². The third-order valence-electron chi connectivity index (χ3n) is 5.40. The van der Waals surface area contributed by atoms with E-state index in [2.05, 4.69) is 32.5 Å². The van der Waals surface area contributed by atoms with Crippen LogP contribution in [0.15, 0.2) is 72.0 Å². The molecule has 3 N–H and O–H groups in total. The highest BCUT2D eigenvalue weighted by Crippen LogP contribution is 2.22. The zero-order chi connectivity index (χ0) is 22.3. The molecule has 1 aliphatic heterocycles. The molecule has 0 spiro atoms. The molecule has 2 aromatic carbocycles. The van der Waals surface area contributed by atoms with Crippen LogP contribution in [-0.4, -0.2) is 47.4 Å². The lowest BCUT2D eigenvalue weighted by Crippen LogP contribution is -2.46. The van der Waals surface area contributed by atoms with E-state index in [-0.39, 0.29) is 10.9 Å². The van der Waals surface area contributed by atoms with Gasteiger partial charge in [-0.2, -0.15) is 5.10 Å². The van der Waals surface area contributed by atoms with Crippen molar-refractivity contribution in [1.82, 2.24) is 15.3 Å². The molecule has 164 valence electrons. The van der Waals surface area contributed by atoms with Gasteiger partial charge in [0, 0.05) is 44.5 Å². The Bertz CT molecular complexity index is 1060. The summed E-state index contributed by atoms with van der Waals surface area (Å²) in [5, 5.41) is 4.10. The molecule has 3 aromatic rings. The van der Waals surface area contributed by atoms with Crippen molar-refractivity contribution >= 4 is 29.4 Å².